The van der Waals surface area contributed by atoms with Crippen LogP contribution in [0.4, 0.5) is 0 Å². The summed E-state index contributed by atoms with van der Waals surface area (Å²) in [6.07, 6.45) is 0. The third-order valence-electron chi connectivity index (χ3n) is 2.01. The minimum absolute atomic E-state index is 0.0937. The monoisotopic (exact) mass is 278 g/mol. The maximum atomic E-state index is 11.3. The van der Waals surface area contributed by atoms with E-state index in [1.165, 1.54) is 12.1 Å². The second-order valence-electron chi connectivity index (χ2n) is 3.79. The summed E-state index contributed by atoms with van der Waals surface area (Å²) in [4.78, 5) is 1.83. The molecule has 17 heavy (non-hydrogen) atoms. The number of halogens is 1. The lowest BCUT2D eigenvalue weighted by Crippen LogP contribution is -2.20. The van der Waals surface area contributed by atoms with E-state index in [9.17, 15) is 8.42 Å². The topological polar surface area (TPSA) is 72.6 Å². The highest BCUT2D eigenvalue weighted by molar-refractivity contribution is 7.89. The molecule has 0 unspecified atom stereocenters. The molecule has 1 aromatic rings. The average molecular weight is 279 g/mol. The molecule has 7 heteroatoms. The number of nitrogens with two attached hydrogens (primary N) is 1. The Kier molecular flexibility index (Phi) is 4.76. The standard InChI is InChI=1S/C10H15ClN2O3S/c1-13(2)5-6-16-9-4-3-8(11)7-10(9)17(12,14)15/h3-4,7H,5-6H2,1-2H3,(H2,12,14,15). The van der Waals surface area contributed by atoms with Gasteiger partial charge >= 0.3 is 0 Å². The zero-order chi connectivity index (χ0) is 13.1. The summed E-state index contributed by atoms with van der Waals surface area (Å²) >= 11 is 5.72. The number of rotatable bonds is 5. The number of ether oxygens (including phenoxy) is 1. The summed E-state index contributed by atoms with van der Waals surface area (Å²) in [5.41, 5.74) is 0. The van der Waals surface area contributed by atoms with Crippen LogP contribution in [0.5, 0.6) is 5.75 Å². The van der Waals surface area contributed by atoms with E-state index in [1.807, 2.05) is 19.0 Å². The van der Waals surface area contributed by atoms with Crippen molar-refractivity contribution in [3.8, 4) is 5.75 Å². The molecule has 5 nitrogen and oxygen atoms in total. The second-order valence-corrected chi connectivity index (χ2v) is 5.75. The van der Waals surface area contributed by atoms with Crippen molar-refractivity contribution in [2.24, 2.45) is 5.14 Å². The summed E-state index contributed by atoms with van der Waals surface area (Å²) in [5, 5.41) is 5.38. The maximum absolute atomic E-state index is 11.3. The molecule has 0 aromatic heterocycles. The number of likely N-dealkylation sites (N-methyl/N-ethyl adjacent to an activating group) is 1. The quantitative estimate of drug-likeness (QED) is 0.870. The van der Waals surface area contributed by atoms with Gasteiger partial charge in [0.15, 0.2) is 0 Å². The summed E-state index contributed by atoms with van der Waals surface area (Å²) in [6, 6.07) is 4.33. The summed E-state index contributed by atoms with van der Waals surface area (Å²) in [6.45, 7) is 1.05. The van der Waals surface area contributed by atoms with E-state index in [2.05, 4.69) is 0 Å². The van der Waals surface area contributed by atoms with E-state index >= 15 is 0 Å². The molecule has 1 aromatic carbocycles. The fourth-order valence-electron chi connectivity index (χ4n) is 1.16. The van der Waals surface area contributed by atoms with Gasteiger partial charge in [0.25, 0.3) is 0 Å². The van der Waals surface area contributed by atoms with Gasteiger partial charge in [0.1, 0.15) is 17.3 Å². The normalized spacial score (nSPS) is 11.8. The molecule has 0 aliphatic heterocycles. The summed E-state index contributed by atoms with van der Waals surface area (Å²) in [7, 11) is -0.0404. The molecule has 1 rings (SSSR count). The van der Waals surface area contributed by atoms with Crippen LogP contribution in [0, 0.1) is 0 Å². The predicted molar refractivity (Wildman–Crippen MR) is 66.9 cm³/mol. The maximum Gasteiger partial charge on any atom is 0.241 e. The highest BCUT2D eigenvalue weighted by atomic mass is 35.5. The lowest BCUT2D eigenvalue weighted by atomic mass is 10.3. The SMILES string of the molecule is CN(C)CCOc1ccc(Cl)cc1S(N)(=O)=O. The van der Waals surface area contributed by atoms with Crippen LogP contribution in [0.1, 0.15) is 0 Å². The van der Waals surface area contributed by atoms with Gasteiger partial charge in [0.05, 0.1) is 0 Å². The van der Waals surface area contributed by atoms with Crippen LogP contribution in [-0.2, 0) is 10.0 Å². The third kappa shape index (κ3) is 4.51. The number of nitrogens with zero attached hydrogens (tertiary/aromatic N) is 1. The number of primary sulfonamides is 1. The van der Waals surface area contributed by atoms with Crippen LogP contribution >= 0.6 is 11.6 Å². The Morgan fingerprint density at radius 3 is 2.59 bits per heavy atom. The first-order chi connectivity index (χ1) is 7.80. The fourth-order valence-corrected chi connectivity index (χ4v) is 2.10. The van der Waals surface area contributed by atoms with E-state index in [-0.39, 0.29) is 10.6 Å². The second kappa shape index (κ2) is 5.68. The molecule has 2 N–H and O–H groups in total. The summed E-state index contributed by atoms with van der Waals surface area (Å²) < 4.78 is 28.0. The van der Waals surface area contributed by atoms with E-state index in [0.29, 0.717) is 18.2 Å². The van der Waals surface area contributed by atoms with Crippen LogP contribution in [0.15, 0.2) is 23.1 Å². The number of hydrogen-bond donors (Lipinski definition) is 1. The Bertz CT molecular complexity index is 488. The molecule has 0 aliphatic rings. The zero-order valence-electron chi connectivity index (χ0n) is 9.68. The minimum Gasteiger partial charge on any atom is -0.491 e. The molecular formula is C10H15ClN2O3S. The van der Waals surface area contributed by atoms with Crippen molar-refractivity contribution in [2.45, 2.75) is 4.90 Å². The number of sulfonamides is 1. The average Bonchev–Trinajstić information content (AvgIpc) is 2.18. The Morgan fingerprint density at radius 1 is 1.41 bits per heavy atom. The molecule has 0 amide bonds. The highest BCUT2D eigenvalue weighted by Gasteiger charge is 2.15. The first kappa shape index (κ1) is 14.2. The lowest BCUT2D eigenvalue weighted by Gasteiger charge is -2.13. The molecule has 0 aliphatic carbocycles. The van der Waals surface area contributed by atoms with Gasteiger partial charge in [-0.05, 0) is 32.3 Å². The molecule has 0 saturated carbocycles. The first-order valence-electron chi connectivity index (χ1n) is 4.90. The Labute approximate surface area is 106 Å². The van der Waals surface area contributed by atoms with Crippen molar-refractivity contribution in [1.29, 1.82) is 0 Å². The lowest BCUT2D eigenvalue weighted by molar-refractivity contribution is 0.256. The van der Waals surface area contributed by atoms with Crippen LogP contribution in [0.3, 0.4) is 0 Å². The van der Waals surface area contributed by atoms with Gasteiger partial charge in [-0.2, -0.15) is 0 Å². The Hall–Kier alpha value is -0.820. The van der Waals surface area contributed by atoms with Crippen LogP contribution in [-0.4, -0.2) is 40.6 Å². The molecular weight excluding hydrogens is 264 g/mol. The van der Waals surface area contributed by atoms with Gasteiger partial charge in [0, 0.05) is 11.6 Å². The van der Waals surface area contributed by atoms with E-state index in [4.69, 9.17) is 21.5 Å². The van der Waals surface area contributed by atoms with Crippen molar-refractivity contribution in [3.63, 3.8) is 0 Å². The molecule has 0 heterocycles. The largest absolute Gasteiger partial charge is 0.491 e. The van der Waals surface area contributed by atoms with Crippen molar-refractivity contribution < 1.29 is 13.2 Å². The van der Waals surface area contributed by atoms with Crippen molar-refractivity contribution in [1.82, 2.24) is 4.90 Å². The van der Waals surface area contributed by atoms with Crippen LogP contribution in [0.2, 0.25) is 5.02 Å². The molecule has 0 bridgehead atoms. The van der Waals surface area contributed by atoms with Gasteiger partial charge in [-0.1, -0.05) is 11.6 Å². The molecule has 0 atom stereocenters. The van der Waals surface area contributed by atoms with E-state index in [1.54, 1.807) is 6.07 Å². The number of hydrogen-bond acceptors (Lipinski definition) is 4. The van der Waals surface area contributed by atoms with Crippen LogP contribution < -0.4 is 9.88 Å². The highest BCUT2D eigenvalue weighted by Crippen LogP contribution is 2.26. The first-order valence-corrected chi connectivity index (χ1v) is 6.83. The number of benzene rings is 1. The van der Waals surface area contributed by atoms with E-state index in [0.717, 1.165) is 0 Å². The van der Waals surface area contributed by atoms with Crippen molar-refractivity contribution in [2.75, 3.05) is 27.2 Å². The third-order valence-corrected chi connectivity index (χ3v) is 3.18. The molecule has 0 saturated heterocycles. The molecule has 0 radical (unpaired) electrons. The van der Waals surface area contributed by atoms with Gasteiger partial charge in [-0.25, -0.2) is 13.6 Å². The van der Waals surface area contributed by atoms with Crippen molar-refractivity contribution >= 4 is 21.6 Å². The van der Waals surface area contributed by atoms with Gasteiger partial charge < -0.3 is 9.64 Å². The Morgan fingerprint density at radius 2 is 2.06 bits per heavy atom. The fraction of sp³-hybridized carbons (Fsp3) is 0.400. The molecule has 0 fully saturated rings. The van der Waals surface area contributed by atoms with Crippen LogP contribution in [0.25, 0.3) is 0 Å². The predicted octanol–water partition coefficient (Wildman–Crippen LogP) is 0.928. The zero-order valence-corrected chi connectivity index (χ0v) is 11.3. The van der Waals surface area contributed by atoms with Gasteiger partial charge in [-0.3, -0.25) is 0 Å². The molecule has 96 valence electrons. The molecule has 0 spiro atoms. The van der Waals surface area contributed by atoms with Gasteiger partial charge in [0.2, 0.25) is 10.0 Å². The van der Waals surface area contributed by atoms with E-state index < -0.39 is 10.0 Å². The minimum atomic E-state index is -3.83. The van der Waals surface area contributed by atoms with Crippen molar-refractivity contribution in [3.05, 3.63) is 23.2 Å². The van der Waals surface area contributed by atoms with Gasteiger partial charge in [-0.15, -0.1) is 0 Å². The smallest absolute Gasteiger partial charge is 0.241 e. The summed E-state index contributed by atoms with van der Waals surface area (Å²) in [5.74, 6) is 0.221. The Balaban J connectivity index is 2.92.